The highest BCUT2D eigenvalue weighted by atomic mass is 19.1. The zero-order valence-electron chi connectivity index (χ0n) is 15.2. The molecule has 2 aromatic rings. The van der Waals surface area contributed by atoms with Crippen molar-refractivity contribution in [3.63, 3.8) is 0 Å². The number of aromatic nitrogens is 2. The van der Waals surface area contributed by atoms with Gasteiger partial charge in [-0.1, -0.05) is 6.07 Å². The lowest BCUT2D eigenvalue weighted by atomic mass is 10.3. The second-order valence-corrected chi connectivity index (χ2v) is 6.48. The molecule has 1 saturated heterocycles. The topological polar surface area (TPSA) is 64.6 Å². The number of piperazine rings is 1. The van der Waals surface area contributed by atoms with Gasteiger partial charge in [0.1, 0.15) is 11.6 Å². The fraction of sp³-hybridized carbons (Fsp3) is 0.389. The van der Waals surface area contributed by atoms with Crippen molar-refractivity contribution in [1.29, 1.82) is 0 Å². The van der Waals surface area contributed by atoms with Crippen LogP contribution in [0.15, 0.2) is 30.3 Å². The zero-order valence-corrected chi connectivity index (χ0v) is 15.2. The highest BCUT2D eigenvalue weighted by molar-refractivity contribution is 5.89. The van der Waals surface area contributed by atoms with Crippen LogP contribution in [0, 0.1) is 12.7 Å². The Morgan fingerprint density at radius 2 is 1.88 bits per heavy atom. The van der Waals surface area contributed by atoms with Gasteiger partial charge in [-0.05, 0) is 25.1 Å². The first-order chi connectivity index (χ1) is 12.4. The van der Waals surface area contributed by atoms with E-state index >= 15 is 0 Å². The Bertz CT molecular complexity index is 789. The highest BCUT2D eigenvalue weighted by Gasteiger charge is 2.23. The van der Waals surface area contributed by atoms with E-state index in [-0.39, 0.29) is 11.8 Å². The van der Waals surface area contributed by atoms with Gasteiger partial charge in [-0.3, -0.25) is 0 Å². The van der Waals surface area contributed by atoms with Crippen molar-refractivity contribution in [3.8, 4) is 0 Å². The average Bonchev–Trinajstić information content (AvgIpc) is 2.61. The minimum absolute atomic E-state index is 0.227. The quantitative estimate of drug-likeness (QED) is 0.912. The zero-order chi connectivity index (χ0) is 18.7. The fourth-order valence-corrected chi connectivity index (χ4v) is 2.79. The van der Waals surface area contributed by atoms with Crippen molar-refractivity contribution < 1.29 is 9.18 Å². The molecule has 0 spiro atoms. The highest BCUT2D eigenvalue weighted by Crippen LogP contribution is 2.18. The second-order valence-electron chi connectivity index (χ2n) is 6.48. The maximum Gasteiger partial charge on any atom is 0.321 e. The number of aryl methyl sites for hydroxylation is 1. The minimum Gasteiger partial charge on any atom is -0.363 e. The second kappa shape index (κ2) is 7.55. The number of halogens is 1. The molecule has 1 aromatic heterocycles. The number of hydrogen-bond donors (Lipinski definition) is 1. The first-order valence-corrected chi connectivity index (χ1v) is 8.52. The van der Waals surface area contributed by atoms with Crippen molar-refractivity contribution in [3.05, 3.63) is 41.8 Å². The number of urea groups is 1. The summed E-state index contributed by atoms with van der Waals surface area (Å²) in [7, 11) is 3.89. The lowest BCUT2D eigenvalue weighted by Crippen LogP contribution is -2.50. The van der Waals surface area contributed by atoms with E-state index in [1.807, 2.05) is 32.0 Å². The molecule has 2 amide bonds. The Morgan fingerprint density at radius 1 is 1.15 bits per heavy atom. The molecule has 0 bridgehead atoms. The SMILES string of the molecule is Cc1cc(N(C)C)nc(N2CCN(C(=O)Nc3cccc(F)c3)CC2)n1. The molecule has 1 N–H and O–H groups in total. The van der Waals surface area contributed by atoms with Crippen LogP contribution in [0.25, 0.3) is 0 Å². The predicted molar refractivity (Wildman–Crippen MR) is 100 cm³/mol. The molecule has 0 atom stereocenters. The van der Waals surface area contributed by atoms with Gasteiger partial charge in [0, 0.05) is 57.7 Å². The van der Waals surface area contributed by atoms with E-state index in [1.54, 1.807) is 17.0 Å². The molecule has 0 unspecified atom stereocenters. The van der Waals surface area contributed by atoms with Crippen LogP contribution in [-0.4, -0.2) is 61.2 Å². The molecular formula is C18H23FN6O. The molecule has 1 aromatic carbocycles. The van der Waals surface area contributed by atoms with Crippen LogP contribution in [0.5, 0.6) is 0 Å². The van der Waals surface area contributed by atoms with Crippen LogP contribution in [0.1, 0.15) is 5.69 Å². The third-order valence-corrected chi connectivity index (χ3v) is 4.21. The molecule has 3 rings (SSSR count). The Balaban J connectivity index is 1.61. The Hall–Kier alpha value is -2.90. The number of carbonyl (C=O) groups excluding carboxylic acids is 1. The summed E-state index contributed by atoms with van der Waals surface area (Å²) >= 11 is 0. The predicted octanol–water partition coefficient (Wildman–Crippen LogP) is 2.34. The molecule has 8 heteroatoms. The third kappa shape index (κ3) is 4.19. The average molecular weight is 358 g/mol. The van der Waals surface area contributed by atoms with Crippen LogP contribution in [0.3, 0.4) is 0 Å². The molecule has 26 heavy (non-hydrogen) atoms. The number of amides is 2. The summed E-state index contributed by atoms with van der Waals surface area (Å²) in [5.41, 5.74) is 1.36. The van der Waals surface area contributed by atoms with Crippen LogP contribution < -0.4 is 15.1 Å². The van der Waals surface area contributed by atoms with Gasteiger partial charge in [0.15, 0.2) is 0 Å². The molecule has 1 aliphatic heterocycles. The summed E-state index contributed by atoms with van der Waals surface area (Å²) in [5, 5.41) is 2.73. The van der Waals surface area contributed by atoms with E-state index in [4.69, 9.17) is 0 Å². The van der Waals surface area contributed by atoms with E-state index in [9.17, 15) is 9.18 Å². The molecule has 1 aliphatic rings. The van der Waals surface area contributed by atoms with E-state index in [0.29, 0.717) is 37.8 Å². The smallest absolute Gasteiger partial charge is 0.321 e. The molecule has 7 nitrogen and oxygen atoms in total. The summed E-state index contributed by atoms with van der Waals surface area (Å²) in [6.07, 6.45) is 0. The van der Waals surface area contributed by atoms with Gasteiger partial charge in [-0.15, -0.1) is 0 Å². The monoisotopic (exact) mass is 358 g/mol. The molecule has 2 heterocycles. The third-order valence-electron chi connectivity index (χ3n) is 4.21. The first kappa shape index (κ1) is 17.9. The van der Waals surface area contributed by atoms with Gasteiger partial charge in [-0.2, -0.15) is 4.98 Å². The first-order valence-electron chi connectivity index (χ1n) is 8.52. The van der Waals surface area contributed by atoms with E-state index in [1.165, 1.54) is 12.1 Å². The standard InChI is InChI=1S/C18H23FN6O/c1-13-11-16(23(2)3)22-17(20-13)24-7-9-25(10-8-24)18(26)21-15-6-4-5-14(19)12-15/h4-6,11-12H,7-10H2,1-3H3,(H,21,26). The summed E-state index contributed by atoms with van der Waals surface area (Å²) in [6.45, 7) is 4.34. The van der Waals surface area contributed by atoms with Crippen molar-refractivity contribution in [2.24, 2.45) is 0 Å². The van der Waals surface area contributed by atoms with E-state index in [2.05, 4.69) is 20.2 Å². The van der Waals surface area contributed by atoms with Crippen LogP contribution >= 0.6 is 0 Å². The summed E-state index contributed by atoms with van der Waals surface area (Å²) < 4.78 is 13.2. The molecule has 0 aliphatic carbocycles. The number of nitrogens with zero attached hydrogens (tertiary/aromatic N) is 5. The normalized spacial score (nSPS) is 14.3. The van der Waals surface area contributed by atoms with E-state index in [0.717, 1.165) is 11.5 Å². The number of benzene rings is 1. The lowest BCUT2D eigenvalue weighted by molar-refractivity contribution is 0.208. The van der Waals surface area contributed by atoms with Gasteiger partial charge >= 0.3 is 6.03 Å². The van der Waals surface area contributed by atoms with Crippen LogP contribution in [0.4, 0.5) is 26.6 Å². The summed E-state index contributed by atoms with van der Waals surface area (Å²) in [4.78, 5) is 27.2. The number of carbonyl (C=O) groups is 1. The Morgan fingerprint density at radius 3 is 2.54 bits per heavy atom. The largest absolute Gasteiger partial charge is 0.363 e. The molecule has 1 fully saturated rings. The molecule has 138 valence electrons. The maximum atomic E-state index is 13.2. The van der Waals surface area contributed by atoms with Gasteiger partial charge in [-0.25, -0.2) is 14.2 Å². The van der Waals surface area contributed by atoms with Crippen molar-refractivity contribution in [2.75, 3.05) is 55.4 Å². The molecule has 0 saturated carbocycles. The summed E-state index contributed by atoms with van der Waals surface area (Å²) in [6, 6.07) is 7.59. The van der Waals surface area contributed by atoms with Gasteiger partial charge in [0.25, 0.3) is 0 Å². The number of hydrogen-bond acceptors (Lipinski definition) is 5. The maximum absolute atomic E-state index is 13.2. The molecule has 0 radical (unpaired) electrons. The molecular weight excluding hydrogens is 335 g/mol. The van der Waals surface area contributed by atoms with Gasteiger partial charge < -0.3 is 20.0 Å². The van der Waals surface area contributed by atoms with Crippen molar-refractivity contribution >= 4 is 23.5 Å². The number of anilines is 3. The lowest BCUT2D eigenvalue weighted by Gasteiger charge is -2.35. The van der Waals surface area contributed by atoms with Crippen LogP contribution in [0.2, 0.25) is 0 Å². The minimum atomic E-state index is -0.374. The van der Waals surface area contributed by atoms with Crippen molar-refractivity contribution in [2.45, 2.75) is 6.92 Å². The van der Waals surface area contributed by atoms with Crippen molar-refractivity contribution in [1.82, 2.24) is 14.9 Å². The Labute approximate surface area is 152 Å². The summed E-state index contributed by atoms with van der Waals surface area (Å²) in [5.74, 6) is 1.17. The fourth-order valence-electron chi connectivity index (χ4n) is 2.79. The van der Waals surface area contributed by atoms with Gasteiger partial charge in [0.05, 0.1) is 0 Å². The van der Waals surface area contributed by atoms with Gasteiger partial charge in [0.2, 0.25) is 5.95 Å². The Kier molecular flexibility index (Phi) is 5.20. The number of nitrogens with one attached hydrogen (secondary N) is 1. The number of rotatable bonds is 3. The van der Waals surface area contributed by atoms with Crippen LogP contribution in [-0.2, 0) is 0 Å². The van der Waals surface area contributed by atoms with E-state index < -0.39 is 0 Å².